The van der Waals surface area contributed by atoms with E-state index < -0.39 is 0 Å². The molecule has 1 aromatic heterocycles. The number of aliphatic imine (C=N–C) groups is 1. The Morgan fingerprint density at radius 1 is 1.28 bits per heavy atom. The van der Waals surface area contributed by atoms with Crippen LogP contribution in [0.5, 0.6) is 0 Å². The maximum Gasteiger partial charge on any atom is 0.158 e. The zero-order valence-corrected chi connectivity index (χ0v) is 18.6. The lowest BCUT2D eigenvalue weighted by molar-refractivity contribution is 0.0847. The zero-order valence-electron chi connectivity index (χ0n) is 17.8. The van der Waals surface area contributed by atoms with Crippen molar-refractivity contribution in [1.29, 1.82) is 0 Å². The van der Waals surface area contributed by atoms with Crippen LogP contribution in [0.3, 0.4) is 0 Å². The number of hydrogen-bond donors (Lipinski definition) is 1. The molecular weight excluding hydrogens is 382 g/mol. The maximum absolute atomic E-state index is 5.37. The number of para-hydroxylation sites is 2. The van der Waals surface area contributed by atoms with Crippen molar-refractivity contribution in [2.24, 2.45) is 4.99 Å². The van der Waals surface area contributed by atoms with E-state index >= 15 is 0 Å². The summed E-state index contributed by atoms with van der Waals surface area (Å²) in [5.74, 6) is 1.40. The fourth-order valence-corrected chi connectivity index (χ4v) is 5.01. The minimum atomic E-state index is 0.400. The second kappa shape index (κ2) is 8.81. The van der Waals surface area contributed by atoms with Crippen molar-refractivity contribution in [3.8, 4) is 0 Å². The van der Waals surface area contributed by atoms with Crippen molar-refractivity contribution in [2.45, 2.75) is 39.2 Å². The normalized spacial score (nSPS) is 19.4. The average Bonchev–Trinajstić information content (AvgIpc) is 3.08. The predicted octanol–water partition coefficient (Wildman–Crippen LogP) is 4.44. The van der Waals surface area contributed by atoms with Gasteiger partial charge in [0.25, 0.3) is 0 Å². The molecule has 0 unspecified atom stereocenters. The summed E-state index contributed by atoms with van der Waals surface area (Å²) in [5.41, 5.74) is 3.02. The van der Waals surface area contributed by atoms with Gasteiger partial charge in [-0.05, 0) is 25.1 Å². The van der Waals surface area contributed by atoms with Crippen molar-refractivity contribution in [3.05, 3.63) is 35.0 Å². The second-order valence-electron chi connectivity index (χ2n) is 7.97. The Morgan fingerprint density at radius 2 is 2.10 bits per heavy atom. The van der Waals surface area contributed by atoms with Crippen molar-refractivity contribution in [1.82, 2.24) is 14.8 Å². The summed E-state index contributed by atoms with van der Waals surface area (Å²) in [6, 6.07) is 8.74. The summed E-state index contributed by atoms with van der Waals surface area (Å²) >= 11 is 1.75. The minimum absolute atomic E-state index is 0.400. The van der Waals surface area contributed by atoms with Gasteiger partial charge in [0, 0.05) is 45.3 Å². The number of amidine groups is 1. The molecule has 1 atom stereocenters. The van der Waals surface area contributed by atoms with Crippen LogP contribution < -0.4 is 5.32 Å². The Labute approximate surface area is 177 Å². The Morgan fingerprint density at radius 3 is 2.86 bits per heavy atom. The van der Waals surface area contributed by atoms with Crippen molar-refractivity contribution < 1.29 is 4.74 Å². The molecule has 29 heavy (non-hydrogen) atoms. The summed E-state index contributed by atoms with van der Waals surface area (Å²) in [7, 11) is 1.78. The van der Waals surface area contributed by atoms with Crippen LogP contribution in [0.15, 0.2) is 29.3 Å². The molecule has 0 bridgehead atoms. The molecule has 6 nitrogen and oxygen atoms in total. The van der Waals surface area contributed by atoms with Gasteiger partial charge >= 0.3 is 0 Å². The van der Waals surface area contributed by atoms with Crippen LogP contribution in [-0.4, -0.2) is 66.6 Å². The molecule has 0 aliphatic carbocycles. The number of likely N-dealkylation sites (N-methyl/N-ethyl adjacent to an activating group) is 1. The van der Waals surface area contributed by atoms with Gasteiger partial charge in [-0.1, -0.05) is 32.9 Å². The van der Waals surface area contributed by atoms with Gasteiger partial charge in [-0.2, -0.15) is 0 Å². The molecule has 0 spiro atoms. The molecule has 1 fully saturated rings. The topological polar surface area (TPSA) is 53.0 Å². The largest absolute Gasteiger partial charge is 0.385 e. The van der Waals surface area contributed by atoms with E-state index in [-0.39, 0.29) is 0 Å². The van der Waals surface area contributed by atoms with E-state index in [2.05, 4.69) is 54.1 Å². The number of ether oxygens (including phenoxy) is 1. The Balaban J connectivity index is 1.72. The number of rotatable bonds is 5. The Kier molecular flexibility index (Phi) is 6.18. The van der Waals surface area contributed by atoms with Gasteiger partial charge in [0.2, 0.25) is 0 Å². The van der Waals surface area contributed by atoms with Gasteiger partial charge in [0.05, 0.1) is 16.4 Å². The van der Waals surface area contributed by atoms with Crippen LogP contribution in [-0.2, 0) is 4.74 Å². The average molecular weight is 414 g/mol. The molecule has 7 heteroatoms. The number of benzene rings is 1. The third-order valence-electron chi connectivity index (χ3n) is 5.69. The fourth-order valence-electron chi connectivity index (χ4n) is 4.04. The number of fused-ring (bicyclic) bond motifs is 2. The summed E-state index contributed by atoms with van der Waals surface area (Å²) < 4.78 is 5.37. The monoisotopic (exact) mass is 413 g/mol. The summed E-state index contributed by atoms with van der Waals surface area (Å²) in [4.78, 5) is 15.1. The summed E-state index contributed by atoms with van der Waals surface area (Å²) in [6.45, 7) is 11.4. The highest BCUT2D eigenvalue weighted by molar-refractivity contribution is 7.16. The molecule has 1 aromatic carbocycles. The molecule has 156 valence electrons. The first-order valence-electron chi connectivity index (χ1n) is 10.5. The molecule has 0 saturated carbocycles. The lowest BCUT2D eigenvalue weighted by atomic mass is 10.1. The molecule has 2 aromatic rings. The van der Waals surface area contributed by atoms with E-state index in [1.54, 1.807) is 18.4 Å². The van der Waals surface area contributed by atoms with Gasteiger partial charge in [-0.3, -0.25) is 4.90 Å². The van der Waals surface area contributed by atoms with Crippen molar-refractivity contribution in [3.63, 3.8) is 0 Å². The van der Waals surface area contributed by atoms with E-state index in [1.165, 1.54) is 0 Å². The maximum atomic E-state index is 5.37. The summed E-state index contributed by atoms with van der Waals surface area (Å²) in [6.07, 6.45) is 1.03. The molecule has 1 N–H and O–H groups in total. The number of hydrogen-bond acceptors (Lipinski definition) is 7. The number of nitrogens with one attached hydrogen (secondary N) is 1. The lowest BCUT2D eigenvalue weighted by Crippen LogP contribution is -2.55. The van der Waals surface area contributed by atoms with Gasteiger partial charge in [-0.25, -0.2) is 9.98 Å². The zero-order chi connectivity index (χ0) is 20.4. The molecule has 3 heterocycles. The fraction of sp³-hybridized carbons (Fsp3) is 0.545. The SMILES string of the molecule is CCN1CCN(C2=Nc3ccccc3Nc3sc(C(C)C)nc32)C[C@@H]1CCOC. The Hall–Kier alpha value is -1.96. The van der Waals surface area contributed by atoms with Crippen molar-refractivity contribution >= 4 is 33.5 Å². The molecule has 2 aliphatic heterocycles. The van der Waals surface area contributed by atoms with Crippen molar-refractivity contribution in [2.75, 3.05) is 45.2 Å². The number of thiazole rings is 1. The van der Waals surface area contributed by atoms with Crippen LogP contribution in [0.2, 0.25) is 0 Å². The van der Waals surface area contributed by atoms with E-state index in [9.17, 15) is 0 Å². The lowest BCUT2D eigenvalue weighted by Gasteiger charge is -2.42. The highest BCUT2D eigenvalue weighted by atomic mass is 32.1. The number of nitrogens with zero attached hydrogens (tertiary/aromatic N) is 4. The van der Waals surface area contributed by atoms with E-state index in [0.717, 1.165) is 72.1 Å². The van der Waals surface area contributed by atoms with Gasteiger partial charge in [0.1, 0.15) is 10.7 Å². The van der Waals surface area contributed by atoms with Crippen LogP contribution in [0.25, 0.3) is 0 Å². The third-order valence-corrected chi connectivity index (χ3v) is 6.96. The number of anilines is 2. The third kappa shape index (κ3) is 4.17. The number of piperazine rings is 1. The van der Waals surface area contributed by atoms with Crippen LogP contribution >= 0.6 is 11.3 Å². The van der Waals surface area contributed by atoms with E-state index in [4.69, 9.17) is 14.7 Å². The number of aromatic nitrogens is 1. The molecule has 0 radical (unpaired) electrons. The molecule has 2 aliphatic rings. The van der Waals surface area contributed by atoms with Gasteiger partial charge in [0.15, 0.2) is 5.84 Å². The second-order valence-corrected chi connectivity index (χ2v) is 9.00. The first-order chi connectivity index (χ1) is 14.1. The molecule has 1 saturated heterocycles. The van der Waals surface area contributed by atoms with Crippen LogP contribution in [0.1, 0.15) is 43.8 Å². The predicted molar refractivity (Wildman–Crippen MR) is 121 cm³/mol. The van der Waals surface area contributed by atoms with Gasteiger partial charge < -0.3 is 15.0 Å². The van der Waals surface area contributed by atoms with Crippen LogP contribution in [0.4, 0.5) is 16.4 Å². The highest BCUT2D eigenvalue weighted by Gasteiger charge is 2.32. The standard InChI is InChI=1S/C22H31N5OS/c1-5-26-11-12-27(14-16(26)10-13-28-4)20-19-22(29-21(25-19)15(2)3)24-18-9-7-6-8-17(18)23-20/h6-9,15-16,24H,5,10-14H2,1-4H3/t16-/m0/s1. The molecule has 4 rings (SSSR count). The molecule has 0 amide bonds. The van der Waals surface area contributed by atoms with Gasteiger partial charge in [-0.15, -0.1) is 11.3 Å². The Bertz CT molecular complexity index is 878. The minimum Gasteiger partial charge on any atom is -0.385 e. The smallest absolute Gasteiger partial charge is 0.158 e. The first kappa shape index (κ1) is 20.3. The summed E-state index contributed by atoms with van der Waals surface area (Å²) in [5, 5.41) is 5.85. The van der Waals surface area contributed by atoms with E-state index in [1.807, 2.05) is 6.07 Å². The quantitative estimate of drug-likeness (QED) is 0.785. The van der Waals surface area contributed by atoms with E-state index in [0.29, 0.717) is 12.0 Å². The van der Waals surface area contributed by atoms with Crippen LogP contribution in [0, 0.1) is 0 Å². The number of methoxy groups -OCH3 is 1. The first-order valence-corrected chi connectivity index (χ1v) is 11.4. The highest BCUT2D eigenvalue weighted by Crippen LogP contribution is 2.39. The molecular formula is C22H31N5OS.